The molecule has 152 valence electrons. The Hall–Kier alpha value is -3.29. The second-order valence-corrected chi connectivity index (χ2v) is 8.35. The van der Waals surface area contributed by atoms with Crippen molar-refractivity contribution in [2.24, 2.45) is 0 Å². The summed E-state index contributed by atoms with van der Waals surface area (Å²) in [5, 5.41) is 0.534. The highest BCUT2D eigenvalue weighted by Crippen LogP contribution is 2.36. The van der Waals surface area contributed by atoms with Gasteiger partial charge in [0.1, 0.15) is 22.1 Å². The number of halogens is 1. The van der Waals surface area contributed by atoms with E-state index in [-0.39, 0.29) is 27.9 Å². The molecule has 0 radical (unpaired) electrons. The zero-order chi connectivity index (χ0) is 21.3. The Kier molecular flexibility index (Phi) is 5.24. The molecule has 0 unspecified atom stereocenters. The van der Waals surface area contributed by atoms with E-state index in [0.29, 0.717) is 21.9 Å². The first-order valence-electron chi connectivity index (χ1n) is 8.78. The highest BCUT2D eigenvalue weighted by molar-refractivity contribution is 7.87. The van der Waals surface area contributed by atoms with Gasteiger partial charge in [-0.3, -0.25) is 4.79 Å². The second-order valence-electron chi connectivity index (χ2n) is 6.37. The highest BCUT2D eigenvalue weighted by Gasteiger charge is 2.28. The monoisotopic (exact) mass is 442 g/mol. The Bertz CT molecular complexity index is 1260. The van der Waals surface area contributed by atoms with Gasteiger partial charge in [0.2, 0.25) is 5.78 Å². The molecule has 0 bridgehead atoms. The first-order chi connectivity index (χ1) is 14.4. The lowest BCUT2D eigenvalue weighted by Crippen LogP contribution is -2.09. The van der Waals surface area contributed by atoms with Gasteiger partial charge in [-0.1, -0.05) is 23.7 Å². The number of carbonyl (C=O) groups excluding carboxylic acids is 1. The van der Waals surface area contributed by atoms with Gasteiger partial charge < -0.3 is 13.7 Å². The SMILES string of the molecule is COc1ccc(S(=O)(=O)Oc2ccc3c(c2)O/C(=C\c2cccc(Cl)c2)C3=O)cc1. The van der Waals surface area contributed by atoms with E-state index < -0.39 is 10.1 Å². The van der Waals surface area contributed by atoms with Crippen molar-refractivity contribution in [3.05, 3.63) is 88.6 Å². The lowest BCUT2D eigenvalue weighted by molar-refractivity contribution is 0.101. The zero-order valence-corrected chi connectivity index (χ0v) is 17.2. The van der Waals surface area contributed by atoms with Crippen molar-refractivity contribution in [3.8, 4) is 17.2 Å². The van der Waals surface area contributed by atoms with Crippen molar-refractivity contribution in [2.75, 3.05) is 7.11 Å². The van der Waals surface area contributed by atoms with Gasteiger partial charge in [-0.05, 0) is 60.2 Å². The van der Waals surface area contributed by atoms with Crippen molar-refractivity contribution < 1.29 is 26.9 Å². The van der Waals surface area contributed by atoms with Crippen molar-refractivity contribution in [3.63, 3.8) is 0 Å². The minimum absolute atomic E-state index is 0.0256. The van der Waals surface area contributed by atoms with Crippen LogP contribution in [-0.2, 0) is 10.1 Å². The molecular weight excluding hydrogens is 428 g/mol. The molecule has 0 aliphatic carbocycles. The number of allylic oxidation sites excluding steroid dienone is 1. The van der Waals surface area contributed by atoms with E-state index in [0.717, 1.165) is 0 Å². The number of ether oxygens (including phenoxy) is 2. The maximum atomic E-state index is 12.6. The maximum absolute atomic E-state index is 12.6. The minimum atomic E-state index is -4.06. The zero-order valence-electron chi connectivity index (χ0n) is 15.7. The summed E-state index contributed by atoms with van der Waals surface area (Å²) in [6.07, 6.45) is 1.57. The highest BCUT2D eigenvalue weighted by atomic mass is 35.5. The van der Waals surface area contributed by atoms with Crippen LogP contribution in [-0.4, -0.2) is 21.3 Å². The molecule has 0 aromatic heterocycles. The topological polar surface area (TPSA) is 78.9 Å². The van der Waals surface area contributed by atoms with E-state index in [1.807, 2.05) is 0 Å². The fraction of sp³-hybridized carbons (Fsp3) is 0.0455. The minimum Gasteiger partial charge on any atom is -0.497 e. The van der Waals surface area contributed by atoms with Gasteiger partial charge in [-0.25, -0.2) is 0 Å². The Labute approximate surface area is 178 Å². The van der Waals surface area contributed by atoms with Gasteiger partial charge in [-0.2, -0.15) is 8.42 Å². The van der Waals surface area contributed by atoms with Crippen LogP contribution in [0.4, 0.5) is 0 Å². The summed E-state index contributed by atoms with van der Waals surface area (Å²) in [5.74, 6) is 0.575. The maximum Gasteiger partial charge on any atom is 0.339 e. The summed E-state index contributed by atoms with van der Waals surface area (Å²) < 4.78 is 40.9. The van der Waals surface area contributed by atoms with Crippen LogP contribution in [0.3, 0.4) is 0 Å². The molecule has 0 spiro atoms. The van der Waals surface area contributed by atoms with E-state index in [4.69, 9.17) is 25.3 Å². The Balaban J connectivity index is 1.58. The third-order valence-electron chi connectivity index (χ3n) is 4.34. The molecule has 0 N–H and O–H groups in total. The number of ketones is 1. The molecule has 0 saturated carbocycles. The van der Waals surface area contributed by atoms with E-state index in [1.165, 1.54) is 49.6 Å². The molecule has 1 aliphatic heterocycles. The summed E-state index contributed by atoms with van der Waals surface area (Å²) in [6, 6.07) is 17.0. The molecule has 0 atom stereocenters. The van der Waals surface area contributed by atoms with Crippen LogP contribution in [0.1, 0.15) is 15.9 Å². The number of hydrogen-bond donors (Lipinski definition) is 0. The van der Waals surface area contributed by atoms with E-state index in [2.05, 4.69) is 0 Å². The molecular formula is C22H15ClO6S. The number of rotatable bonds is 5. The van der Waals surface area contributed by atoms with Crippen LogP contribution < -0.4 is 13.7 Å². The van der Waals surface area contributed by atoms with Gasteiger partial charge in [0, 0.05) is 11.1 Å². The van der Waals surface area contributed by atoms with Crippen LogP contribution in [0.25, 0.3) is 6.08 Å². The van der Waals surface area contributed by atoms with Crippen LogP contribution >= 0.6 is 11.6 Å². The van der Waals surface area contributed by atoms with Crippen molar-refractivity contribution in [2.45, 2.75) is 4.90 Å². The van der Waals surface area contributed by atoms with Crippen LogP contribution in [0.15, 0.2) is 77.4 Å². The van der Waals surface area contributed by atoms with Gasteiger partial charge >= 0.3 is 10.1 Å². The van der Waals surface area contributed by atoms with E-state index >= 15 is 0 Å². The Morgan fingerprint density at radius 3 is 2.40 bits per heavy atom. The average molecular weight is 443 g/mol. The van der Waals surface area contributed by atoms with Gasteiger partial charge in [0.15, 0.2) is 5.76 Å². The van der Waals surface area contributed by atoms with Crippen molar-refractivity contribution >= 4 is 33.6 Å². The lowest BCUT2D eigenvalue weighted by atomic mass is 10.1. The summed E-state index contributed by atoms with van der Waals surface area (Å²) >= 11 is 5.97. The molecule has 6 nitrogen and oxygen atoms in total. The fourth-order valence-electron chi connectivity index (χ4n) is 2.88. The molecule has 0 saturated heterocycles. The van der Waals surface area contributed by atoms with Gasteiger partial charge in [-0.15, -0.1) is 0 Å². The molecule has 0 fully saturated rings. The van der Waals surface area contributed by atoms with Crippen LogP contribution in [0, 0.1) is 0 Å². The fourth-order valence-corrected chi connectivity index (χ4v) is 4.01. The Morgan fingerprint density at radius 2 is 1.70 bits per heavy atom. The number of hydrogen-bond acceptors (Lipinski definition) is 6. The number of fused-ring (bicyclic) bond motifs is 1. The lowest BCUT2D eigenvalue weighted by Gasteiger charge is -2.08. The van der Waals surface area contributed by atoms with Crippen molar-refractivity contribution in [1.82, 2.24) is 0 Å². The summed E-state index contributed by atoms with van der Waals surface area (Å²) in [7, 11) is -2.57. The largest absolute Gasteiger partial charge is 0.497 e. The van der Waals surface area contributed by atoms with Gasteiger partial charge in [0.25, 0.3) is 0 Å². The molecule has 30 heavy (non-hydrogen) atoms. The van der Waals surface area contributed by atoms with Crippen LogP contribution in [0.2, 0.25) is 5.02 Å². The third-order valence-corrected chi connectivity index (χ3v) is 5.84. The predicted octanol–water partition coefficient (Wildman–Crippen LogP) is 4.73. The molecule has 3 aromatic rings. The normalized spacial score (nSPS) is 14.3. The number of benzene rings is 3. The van der Waals surface area contributed by atoms with E-state index in [1.54, 1.807) is 30.3 Å². The quantitative estimate of drug-likeness (QED) is 0.419. The predicted molar refractivity (Wildman–Crippen MR) is 112 cm³/mol. The smallest absolute Gasteiger partial charge is 0.339 e. The summed E-state index contributed by atoms with van der Waals surface area (Å²) in [6.45, 7) is 0. The summed E-state index contributed by atoms with van der Waals surface area (Å²) in [4.78, 5) is 12.5. The second kappa shape index (κ2) is 7.85. The molecule has 8 heteroatoms. The summed E-state index contributed by atoms with van der Waals surface area (Å²) in [5.41, 5.74) is 1.02. The molecule has 1 heterocycles. The number of methoxy groups -OCH3 is 1. The third kappa shape index (κ3) is 4.03. The number of Topliss-reactive ketones (excluding diaryl/α,β-unsaturated/α-hetero) is 1. The average Bonchev–Trinajstić information content (AvgIpc) is 3.02. The van der Waals surface area contributed by atoms with Gasteiger partial charge in [0.05, 0.1) is 12.7 Å². The first-order valence-corrected chi connectivity index (χ1v) is 10.6. The molecule has 4 rings (SSSR count). The first kappa shape index (κ1) is 20.0. The standard InChI is InChI=1S/C22H15ClO6S/c1-27-16-5-8-18(9-6-16)30(25,26)29-17-7-10-19-20(13-17)28-21(22(19)24)12-14-3-2-4-15(23)11-14/h2-13H,1H3/b21-12-. The Morgan fingerprint density at radius 1 is 0.967 bits per heavy atom. The van der Waals surface area contributed by atoms with Crippen molar-refractivity contribution in [1.29, 1.82) is 0 Å². The molecule has 3 aromatic carbocycles. The number of carbonyl (C=O) groups is 1. The molecule has 0 amide bonds. The van der Waals surface area contributed by atoms with Crippen LogP contribution in [0.5, 0.6) is 17.2 Å². The molecule has 1 aliphatic rings. The van der Waals surface area contributed by atoms with E-state index in [9.17, 15) is 13.2 Å².